The topological polar surface area (TPSA) is 68.4 Å². The van der Waals surface area contributed by atoms with Gasteiger partial charge >= 0.3 is 0 Å². The minimum atomic E-state index is 0.248. The average molecular weight is 451 g/mol. The molecule has 0 atom stereocenters. The number of ether oxygens (including phenoxy) is 1. The molecule has 33 heavy (non-hydrogen) atoms. The van der Waals surface area contributed by atoms with E-state index in [0.717, 1.165) is 69.2 Å². The molecule has 1 amide bonds. The Morgan fingerprint density at radius 3 is 2.73 bits per heavy atom. The van der Waals surface area contributed by atoms with Gasteiger partial charge in [0, 0.05) is 68.7 Å². The van der Waals surface area contributed by atoms with Crippen LogP contribution in [0.25, 0.3) is 10.9 Å². The molecule has 8 nitrogen and oxygen atoms in total. The van der Waals surface area contributed by atoms with E-state index in [1.165, 1.54) is 16.5 Å². The van der Waals surface area contributed by atoms with E-state index in [1.807, 2.05) is 15.6 Å². The molecular weight excluding hydrogens is 416 g/mol. The fraction of sp³-hybridized carbons (Fsp3) is 0.560. The first kappa shape index (κ1) is 21.9. The highest BCUT2D eigenvalue weighted by Gasteiger charge is 2.25. The minimum Gasteiger partial charge on any atom is -0.497 e. The first-order valence-electron chi connectivity index (χ1n) is 12.1. The normalized spacial score (nSPS) is 16.7. The van der Waals surface area contributed by atoms with Crippen LogP contribution in [0.15, 0.2) is 24.4 Å². The van der Waals surface area contributed by atoms with E-state index < -0.39 is 0 Å². The number of hydrogen-bond donors (Lipinski definition) is 0. The van der Waals surface area contributed by atoms with E-state index in [0.29, 0.717) is 18.9 Å². The van der Waals surface area contributed by atoms with Crippen molar-refractivity contribution in [3.8, 4) is 5.75 Å². The molecule has 2 aliphatic heterocycles. The number of fused-ring (bicyclic) bond motifs is 2. The standard InChI is InChI=1S/C25H34N6O2/c1-18(2)30-16-19(21-14-20(33-3)6-8-23(21)30)15-28-12-13-31-24(17-28)22(26-27-31)7-9-25(32)29-10-4-5-11-29/h6,8,14,16,18H,4-5,7,9-13,15,17H2,1-3H3. The Labute approximate surface area is 195 Å². The van der Waals surface area contributed by atoms with Crippen molar-refractivity contribution < 1.29 is 9.53 Å². The summed E-state index contributed by atoms with van der Waals surface area (Å²) in [5.74, 6) is 1.13. The van der Waals surface area contributed by atoms with Gasteiger partial charge in [-0.3, -0.25) is 9.69 Å². The van der Waals surface area contributed by atoms with Crippen LogP contribution in [0.3, 0.4) is 0 Å². The molecule has 8 heteroatoms. The van der Waals surface area contributed by atoms with Gasteiger partial charge in [-0.2, -0.15) is 0 Å². The van der Waals surface area contributed by atoms with Crippen molar-refractivity contribution in [2.45, 2.75) is 65.2 Å². The number of methoxy groups -OCH3 is 1. The summed E-state index contributed by atoms with van der Waals surface area (Å²) in [5.41, 5.74) is 4.68. The van der Waals surface area contributed by atoms with Gasteiger partial charge in [0.25, 0.3) is 0 Å². The van der Waals surface area contributed by atoms with Crippen molar-refractivity contribution in [2.75, 3.05) is 26.7 Å². The average Bonchev–Trinajstić information content (AvgIpc) is 3.56. The molecule has 0 saturated carbocycles. The van der Waals surface area contributed by atoms with Crippen molar-refractivity contribution in [2.24, 2.45) is 0 Å². The monoisotopic (exact) mass is 450 g/mol. The highest BCUT2D eigenvalue weighted by molar-refractivity contribution is 5.85. The Hall–Kier alpha value is -2.87. The van der Waals surface area contributed by atoms with Crippen LogP contribution in [0, 0.1) is 0 Å². The molecular formula is C25H34N6O2. The fourth-order valence-corrected chi connectivity index (χ4v) is 5.15. The molecule has 2 aliphatic rings. The number of benzene rings is 1. The number of nitrogens with zero attached hydrogens (tertiary/aromatic N) is 6. The second kappa shape index (κ2) is 9.17. The maximum absolute atomic E-state index is 12.5. The molecule has 2 aromatic heterocycles. The second-order valence-electron chi connectivity index (χ2n) is 9.54. The smallest absolute Gasteiger partial charge is 0.222 e. The molecule has 0 spiro atoms. The van der Waals surface area contributed by atoms with Gasteiger partial charge in [0.2, 0.25) is 5.91 Å². The summed E-state index contributed by atoms with van der Waals surface area (Å²) >= 11 is 0. The molecule has 0 unspecified atom stereocenters. The third kappa shape index (κ3) is 4.36. The summed E-state index contributed by atoms with van der Waals surface area (Å²) in [7, 11) is 1.72. The highest BCUT2D eigenvalue weighted by Crippen LogP contribution is 2.30. The molecule has 176 valence electrons. The van der Waals surface area contributed by atoms with Gasteiger partial charge in [0.05, 0.1) is 25.0 Å². The SMILES string of the molecule is COc1ccc2c(c1)c(CN1CCn3nnc(CCC(=O)N4CCCC4)c3C1)cn2C(C)C. The maximum Gasteiger partial charge on any atom is 0.222 e. The summed E-state index contributed by atoms with van der Waals surface area (Å²) < 4.78 is 9.86. The molecule has 3 aromatic rings. The van der Waals surface area contributed by atoms with Crippen molar-refractivity contribution in [3.05, 3.63) is 41.3 Å². The van der Waals surface area contributed by atoms with Gasteiger partial charge < -0.3 is 14.2 Å². The maximum atomic E-state index is 12.5. The van der Waals surface area contributed by atoms with Crippen LogP contribution in [-0.2, 0) is 30.8 Å². The molecule has 4 heterocycles. The van der Waals surface area contributed by atoms with Crippen LogP contribution in [0.5, 0.6) is 5.75 Å². The van der Waals surface area contributed by atoms with Crippen LogP contribution < -0.4 is 4.74 Å². The molecule has 0 radical (unpaired) electrons. The highest BCUT2D eigenvalue weighted by atomic mass is 16.5. The third-order valence-corrected chi connectivity index (χ3v) is 7.03. The van der Waals surface area contributed by atoms with Gasteiger partial charge in [-0.25, -0.2) is 4.68 Å². The third-order valence-electron chi connectivity index (χ3n) is 7.03. The number of likely N-dealkylation sites (tertiary alicyclic amines) is 1. The molecule has 0 bridgehead atoms. The fourth-order valence-electron chi connectivity index (χ4n) is 5.15. The van der Waals surface area contributed by atoms with Crippen molar-refractivity contribution in [1.29, 1.82) is 0 Å². The quantitative estimate of drug-likeness (QED) is 0.552. The van der Waals surface area contributed by atoms with Gasteiger partial charge in [0.15, 0.2) is 0 Å². The summed E-state index contributed by atoms with van der Waals surface area (Å²) in [6.45, 7) is 9.67. The zero-order valence-corrected chi connectivity index (χ0v) is 20.0. The van der Waals surface area contributed by atoms with E-state index in [2.05, 4.69) is 52.0 Å². The zero-order valence-electron chi connectivity index (χ0n) is 20.0. The van der Waals surface area contributed by atoms with E-state index in [-0.39, 0.29) is 5.91 Å². The first-order chi connectivity index (χ1) is 16.0. The number of hydrogen-bond acceptors (Lipinski definition) is 5. The Balaban J connectivity index is 1.32. The lowest BCUT2D eigenvalue weighted by Crippen LogP contribution is -2.34. The summed E-state index contributed by atoms with van der Waals surface area (Å²) in [4.78, 5) is 16.9. The predicted octanol–water partition coefficient (Wildman–Crippen LogP) is 3.39. The number of carbonyl (C=O) groups is 1. The van der Waals surface area contributed by atoms with E-state index >= 15 is 0 Å². The van der Waals surface area contributed by atoms with Crippen LogP contribution in [0.1, 0.15) is 56.1 Å². The molecule has 1 fully saturated rings. The first-order valence-corrected chi connectivity index (χ1v) is 12.1. The van der Waals surface area contributed by atoms with Crippen LogP contribution >= 0.6 is 0 Å². The van der Waals surface area contributed by atoms with Crippen LogP contribution in [0.2, 0.25) is 0 Å². The Kier molecular flexibility index (Phi) is 6.10. The second-order valence-corrected chi connectivity index (χ2v) is 9.54. The van der Waals surface area contributed by atoms with E-state index in [9.17, 15) is 4.79 Å². The summed E-state index contributed by atoms with van der Waals surface area (Å²) in [5, 5.41) is 10.0. The van der Waals surface area contributed by atoms with Gasteiger partial charge in [-0.15, -0.1) is 5.10 Å². The Morgan fingerprint density at radius 1 is 1.15 bits per heavy atom. The van der Waals surface area contributed by atoms with Gasteiger partial charge in [-0.1, -0.05) is 5.21 Å². The Morgan fingerprint density at radius 2 is 1.97 bits per heavy atom. The van der Waals surface area contributed by atoms with Gasteiger partial charge in [-0.05, 0) is 50.5 Å². The lowest BCUT2D eigenvalue weighted by Gasteiger charge is -2.27. The molecule has 5 rings (SSSR count). The zero-order chi connectivity index (χ0) is 22.9. The lowest BCUT2D eigenvalue weighted by molar-refractivity contribution is -0.130. The van der Waals surface area contributed by atoms with E-state index in [4.69, 9.17) is 4.74 Å². The predicted molar refractivity (Wildman–Crippen MR) is 127 cm³/mol. The van der Waals surface area contributed by atoms with Crippen LogP contribution in [0.4, 0.5) is 0 Å². The van der Waals surface area contributed by atoms with Crippen molar-refractivity contribution in [3.63, 3.8) is 0 Å². The number of aromatic nitrogens is 4. The summed E-state index contributed by atoms with van der Waals surface area (Å²) in [6.07, 6.45) is 5.73. The number of aryl methyl sites for hydroxylation is 1. The summed E-state index contributed by atoms with van der Waals surface area (Å²) in [6, 6.07) is 6.73. The van der Waals surface area contributed by atoms with Crippen molar-refractivity contribution >= 4 is 16.8 Å². The number of rotatable bonds is 7. The van der Waals surface area contributed by atoms with Crippen LogP contribution in [-0.4, -0.2) is 62.0 Å². The molecule has 0 N–H and O–H groups in total. The minimum absolute atomic E-state index is 0.248. The van der Waals surface area contributed by atoms with E-state index in [1.54, 1.807) is 7.11 Å². The van der Waals surface area contributed by atoms with Crippen molar-refractivity contribution in [1.82, 2.24) is 29.4 Å². The molecule has 0 aliphatic carbocycles. The number of amides is 1. The van der Waals surface area contributed by atoms with Gasteiger partial charge in [0.1, 0.15) is 5.75 Å². The largest absolute Gasteiger partial charge is 0.497 e. The lowest BCUT2D eigenvalue weighted by atomic mass is 10.1. The molecule has 1 aromatic carbocycles. The molecule has 1 saturated heterocycles. The number of carbonyl (C=O) groups excluding carboxylic acids is 1. The Bertz CT molecular complexity index is 1140.